The van der Waals surface area contributed by atoms with Crippen LogP contribution in [0.15, 0.2) is 54.7 Å². The number of phenols is 1. The van der Waals surface area contributed by atoms with Gasteiger partial charge in [-0.25, -0.2) is 0 Å². The van der Waals surface area contributed by atoms with Crippen LogP contribution in [0.2, 0.25) is 0 Å². The Bertz CT molecular complexity index is 999. The van der Waals surface area contributed by atoms with Gasteiger partial charge >= 0.3 is 0 Å². The Labute approximate surface area is 164 Å². The molecule has 1 aromatic carbocycles. The van der Waals surface area contributed by atoms with Gasteiger partial charge in [0.25, 0.3) is 0 Å². The van der Waals surface area contributed by atoms with Crippen LogP contribution in [0.4, 0.5) is 5.69 Å². The lowest BCUT2D eigenvalue weighted by Gasteiger charge is -2.28. The molecule has 5 nitrogen and oxygen atoms in total. The molecule has 1 aliphatic heterocycles. The molecule has 3 aromatic rings. The highest BCUT2D eigenvalue weighted by atomic mass is 32.1. The number of nitrogens with zero attached hydrogens (tertiary/aromatic N) is 3. The lowest BCUT2D eigenvalue weighted by molar-refractivity contribution is 0.472. The Morgan fingerprint density at radius 3 is 2.48 bits per heavy atom. The van der Waals surface area contributed by atoms with E-state index in [2.05, 4.69) is 41.8 Å². The van der Waals surface area contributed by atoms with E-state index >= 15 is 0 Å². The van der Waals surface area contributed by atoms with Gasteiger partial charge in [-0.2, -0.15) is 0 Å². The van der Waals surface area contributed by atoms with Crippen molar-refractivity contribution in [1.29, 1.82) is 0 Å². The van der Waals surface area contributed by atoms with Gasteiger partial charge in [-0.1, -0.05) is 18.2 Å². The minimum absolute atomic E-state index is 0.111. The lowest BCUT2D eigenvalue weighted by Crippen LogP contribution is -2.29. The minimum atomic E-state index is -0.112. The van der Waals surface area contributed by atoms with Crippen LogP contribution in [0.3, 0.4) is 0 Å². The van der Waals surface area contributed by atoms with E-state index in [0.29, 0.717) is 10.8 Å². The molecule has 6 heteroatoms. The molecule has 27 heavy (non-hydrogen) atoms. The quantitative estimate of drug-likeness (QED) is 0.677. The van der Waals surface area contributed by atoms with E-state index in [9.17, 15) is 5.11 Å². The number of hydrogen-bond donors (Lipinski definition) is 2. The summed E-state index contributed by atoms with van der Waals surface area (Å²) in [6, 6.07) is 15.2. The summed E-state index contributed by atoms with van der Waals surface area (Å²) in [6.07, 6.45) is 1.79. The van der Waals surface area contributed by atoms with Gasteiger partial charge in [-0.15, -0.1) is 0 Å². The lowest BCUT2D eigenvalue weighted by atomic mass is 9.96. The fourth-order valence-corrected chi connectivity index (χ4v) is 4.12. The normalized spacial score (nSPS) is 19.4. The molecule has 0 spiro atoms. The fourth-order valence-electron chi connectivity index (χ4n) is 3.78. The topological polar surface area (TPSA) is 53.3 Å². The number of aromatic hydroxyl groups is 1. The first-order valence-electron chi connectivity index (χ1n) is 8.90. The summed E-state index contributed by atoms with van der Waals surface area (Å²) in [5.74, 6) is 0.207. The van der Waals surface area contributed by atoms with E-state index < -0.39 is 0 Å². The Morgan fingerprint density at radius 2 is 1.85 bits per heavy atom. The van der Waals surface area contributed by atoms with Gasteiger partial charge in [0, 0.05) is 24.6 Å². The van der Waals surface area contributed by atoms with E-state index in [1.807, 2.05) is 41.3 Å². The summed E-state index contributed by atoms with van der Waals surface area (Å²) < 4.78 is 2.18. The number of phenolic OH excluding ortho intramolecular Hbond substituents is 1. The van der Waals surface area contributed by atoms with Crippen molar-refractivity contribution in [2.45, 2.75) is 25.9 Å². The number of nitrogens with one attached hydrogen (secondary N) is 1. The van der Waals surface area contributed by atoms with Gasteiger partial charge in [0.15, 0.2) is 5.11 Å². The molecule has 2 atom stereocenters. The zero-order chi connectivity index (χ0) is 19.1. The maximum absolute atomic E-state index is 10.5. The van der Waals surface area contributed by atoms with Crippen molar-refractivity contribution in [3.8, 4) is 5.75 Å². The number of aryl methyl sites for hydroxylation is 1. The summed E-state index contributed by atoms with van der Waals surface area (Å²) in [4.78, 5) is 6.57. The second-order valence-corrected chi connectivity index (χ2v) is 7.26. The summed E-state index contributed by atoms with van der Waals surface area (Å²) in [7, 11) is 2.06. The van der Waals surface area contributed by atoms with Crippen LogP contribution in [0.25, 0.3) is 0 Å². The van der Waals surface area contributed by atoms with E-state index in [4.69, 9.17) is 12.2 Å². The monoisotopic (exact) mass is 378 g/mol. The highest BCUT2D eigenvalue weighted by Gasteiger charge is 2.42. The van der Waals surface area contributed by atoms with Crippen LogP contribution < -0.4 is 10.2 Å². The van der Waals surface area contributed by atoms with Crippen molar-refractivity contribution in [2.75, 3.05) is 4.90 Å². The number of pyridine rings is 1. The predicted octanol–water partition coefficient (Wildman–Crippen LogP) is 3.92. The van der Waals surface area contributed by atoms with Crippen molar-refractivity contribution < 1.29 is 5.11 Å². The molecule has 0 bridgehead atoms. The van der Waals surface area contributed by atoms with Crippen LogP contribution >= 0.6 is 12.2 Å². The average molecular weight is 379 g/mol. The van der Waals surface area contributed by atoms with Crippen molar-refractivity contribution in [1.82, 2.24) is 14.9 Å². The second kappa shape index (κ2) is 6.70. The van der Waals surface area contributed by atoms with E-state index in [-0.39, 0.29) is 17.8 Å². The number of aromatic nitrogens is 2. The van der Waals surface area contributed by atoms with Crippen molar-refractivity contribution >= 4 is 23.0 Å². The number of rotatable bonds is 3. The molecule has 4 rings (SSSR count). The van der Waals surface area contributed by atoms with Gasteiger partial charge in [-0.3, -0.25) is 4.98 Å². The van der Waals surface area contributed by atoms with Crippen molar-refractivity contribution in [2.24, 2.45) is 7.05 Å². The third-order valence-corrected chi connectivity index (χ3v) is 5.69. The number of anilines is 1. The van der Waals surface area contributed by atoms with Crippen LogP contribution in [-0.4, -0.2) is 19.8 Å². The summed E-state index contributed by atoms with van der Waals surface area (Å²) in [6.45, 7) is 4.21. The molecule has 2 N–H and O–H groups in total. The molecule has 3 heterocycles. The number of hydrogen-bond acceptors (Lipinski definition) is 3. The van der Waals surface area contributed by atoms with Crippen molar-refractivity contribution in [3.63, 3.8) is 0 Å². The maximum Gasteiger partial charge on any atom is 0.174 e. The fraction of sp³-hybridized carbons (Fsp3) is 0.238. The third kappa shape index (κ3) is 2.86. The largest absolute Gasteiger partial charge is 0.506 e. The van der Waals surface area contributed by atoms with E-state index in [1.54, 1.807) is 12.3 Å². The molecule has 0 amide bonds. The molecule has 1 saturated heterocycles. The Hall–Kier alpha value is -2.86. The highest BCUT2D eigenvalue weighted by Crippen LogP contribution is 2.45. The molecule has 138 valence electrons. The first-order chi connectivity index (χ1) is 13.0. The van der Waals surface area contributed by atoms with Crippen LogP contribution in [0.1, 0.15) is 34.7 Å². The van der Waals surface area contributed by atoms with Crippen LogP contribution in [0, 0.1) is 13.8 Å². The Balaban J connectivity index is 1.91. The van der Waals surface area contributed by atoms with Crippen LogP contribution in [0.5, 0.6) is 5.75 Å². The van der Waals surface area contributed by atoms with Gasteiger partial charge in [0.1, 0.15) is 5.75 Å². The molecule has 0 radical (unpaired) electrons. The molecular weight excluding hydrogens is 356 g/mol. The molecule has 2 aromatic heterocycles. The third-order valence-electron chi connectivity index (χ3n) is 5.37. The zero-order valence-corrected chi connectivity index (χ0v) is 16.4. The summed E-state index contributed by atoms with van der Waals surface area (Å²) in [5, 5.41) is 14.5. The van der Waals surface area contributed by atoms with Gasteiger partial charge in [0.2, 0.25) is 0 Å². The molecule has 1 fully saturated rings. The van der Waals surface area contributed by atoms with Gasteiger partial charge in [-0.05, 0) is 62.0 Å². The van der Waals surface area contributed by atoms with Crippen LogP contribution in [-0.2, 0) is 7.05 Å². The second-order valence-electron chi connectivity index (χ2n) is 6.87. The number of para-hydroxylation sites is 2. The van der Waals surface area contributed by atoms with E-state index in [1.165, 1.54) is 17.0 Å². The first kappa shape index (κ1) is 17.5. The molecule has 0 unspecified atom stereocenters. The Kier molecular flexibility index (Phi) is 4.36. The smallest absolute Gasteiger partial charge is 0.174 e. The van der Waals surface area contributed by atoms with Gasteiger partial charge < -0.3 is 19.9 Å². The molecular formula is C21H22N4OS. The summed E-state index contributed by atoms with van der Waals surface area (Å²) >= 11 is 5.69. The average Bonchev–Trinajstić information content (AvgIpc) is 3.14. The molecule has 0 aliphatic carbocycles. The van der Waals surface area contributed by atoms with E-state index in [0.717, 1.165) is 5.69 Å². The SMILES string of the molecule is Cc1cc([C@H]2[C@@H](c3ccccn3)NC(=S)N2c2ccccc2O)c(C)n1C. The zero-order valence-electron chi connectivity index (χ0n) is 15.5. The first-order valence-corrected chi connectivity index (χ1v) is 9.31. The van der Waals surface area contributed by atoms with Gasteiger partial charge in [0.05, 0.1) is 23.5 Å². The standard InChI is InChI=1S/C21H22N4OS/c1-13-12-15(14(2)24(13)3)20-19(16-8-6-7-11-22-16)23-21(27)25(20)17-9-4-5-10-18(17)26/h4-12,19-20,26H,1-3H3,(H,23,27)/t19-,20+/m1/s1. The Morgan fingerprint density at radius 1 is 1.11 bits per heavy atom. The number of benzene rings is 1. The number of thiocarbonyl (C=S) groups is 1. The predicted molar refractivity (Wildman–Crippen MR) is 111 cm³/mol. The molecule has 0 saturated carbocycles. The minimum Gasteiger partial charge on any atom is -0.506 e. The maximum atomic E-state index is 10.5. The van der Waals surface area contributed by atoms with Crippen molar-refractivity contribution in [3.05, 3.63) is 77.4 Å². The molecule has 1 aliphatic rings. The highest BCUT2D eigenvalue weighted by molar-refractivity contribution is 7.80. The summed E-state index contributed by atoms with van der Waals surface area (Å²) in [5.41, 5.74) is 5.13.